The highest BCUT2D eigenvalue weighted by Gasteiger charge is 2.49. The molecule has 4 atom stereocenters. The van der Waals surface area contributed by atoms with Gasteiger partial charge in [-0.2, -0.15) is 28.2 Å². The minimum atomic E-state index is -4.59. The van der Waals surface area contributed by atoms with Crippen molar-refractivity contribution in [3.05, 3.63) is 41.2 Å². The van der Waals surface area contributed by atoms with Crippen LogP contribution in [0.4, 0.5) is 38.1 Å². The van der Waals surface area contributed by atoms with Crippen LogP contribution in [0.2, 0.25) is 0 Å². The van der Waals surface area contributed by atoms with Crippen LogP contribution in [0.15, 0.2) is 23.6 Å². The Hall–Kier alpha value is -4.19. The first-order valence-electron chi connectivity index (χ1n) is 15.7. The average molecular weight is 659 g/mol. The molecule has 248 valence electrons. The van der Waals surface area contributed by atoms with Crippen molar-refractivity contribution in [2.75, 3.05) is 43.1 Å². The van der Waals surface area contributed by atoms with E-state index in [0.29, 0.717) is 56.1 Å². The highest BCUT2D eigenvalue weighted by Crippen LogP contribution is 2.42. The molecule has 7 rings (SSSR count). The third-order valence-corrected chi connectivity index (χ3v) is 9.65. The molecule has 9 nitrogen and oxygen atoms in total. The van der Waals surface area contributed by atoms with Crippen LogP contribution in [-0.2, 0) is 6.18 Å². The Balaban J connectivity index is 1.19. The molecule has 3 aromatic rings. The van der Waals surface area contributed by atoms with Crippen molar-refractivity contribution in [2.45, 2.75) is 63.3 Å². The maximum Gasteiger partial charge on any atom is 0.419 e. The lowest BCUT2D eigenvalue weighted by Gasteiger charge is -2.34. The summed E-state index contributed by atoms with van der Waals surface area (Å²) in [6, 6.07) is 1.12. The van der Waals surface area contributed by atoms with Crippen LogP contribution >= 0.6 is 0 Å². The zero-order valence-corrected chi connectivity index (χ0v) is 25.5. The van der Waals surface area contributed by atoms with E-state index in [1.807, 2.05) is 0 Å². The second kappa shape index (κ2) is 12.1. The maximum absolute atomic E-state index is 16.1. The number of benzene rings is 1. The van der Waals surface area contributed by atoms with Crippen LogP contribution in [-0.4, -0.2) is 75.0 Å². The van der Waals surface area contributed by atoms with E-state index in [1.54, 1.807) is 0 Å². The third kappa shape index (κ3) is 6.27. The molecule has 2 aromatic heterocycles. The third-order valence-electron chi connectivity index (χ3n) is 9.65. The molecular formula is C32H32F6N8O. The van der Waals surface area contributed by atoms with E-state index in [-0.39, 0.29) is 35.2 Å². The summed E-state index contributed by atoms with van der Waals surface area (Å²) in [7, 11) is 0. The Bertz CT molecular complexity index is 1760. The van der Waals surface area contributed by atoms with Crippen molar-refractivity contribution < 1.29 is 31.1 Å². The number of fused-ring (bicyclic) bond motifs is 4. The number of hydrogen-bond acceptors (Lipinski definition) is 9. The number of hydrazone groups is 1. The van der Waals surface area contributed by atoms with Gasteiger partial charge in [0.05, 0.1) is 16.7 Å². The summed E-state index contributed by atoms with van der Waals surface area (Å²) >= 11 is 0. The topological polar surface area (TPSA) is 91.7 Å². The van der Waals surface area contributed by atoms with E-state index in [0.717, 1.165) is 38.6 Å². The largest absolute Gasteiger partial charge is 0.461 e. The SMILES string of the molecule is C/C(C#Cc1c(F)cc2c(N3CC4CCC(C4)C3)nc(OC[C@@]34CCCN3C[C@H](F)C4)nc2c1F)=N/Nc1ncc(C(F)(F)F)cn1. The van der Waals surface area contributed by atoms with Gasteiger partial charge < -0.3 is 9.64 Å². The van der Waals surface area contributed by atoms with E-state index in [4.69, 9.17) is 4.74 Å². The Kier molecular flexibility index (Phi) is 8.10. The second-order valence-electron chi connectivity index (χ2n) is 12.9. The van der Waals surface area contributed by atoms with E-state index < -0.39 is 40.6 Å². The summed E-state index contributed by atoms with van der Waals surface area (Å²) in [6.45, 7) is 4.16. The summed E-state index contributed by atoms with van der Waals surface area (Å²) in [4.78, 5) is 20.3. The predicted molar refractivity (Wildman–Crippen MR) is 162 cm³/mol. The molecule has 5 heterocycles. The van der Waals surface area contributed by atoms with Gasteiger partial charge in [0.1, 0.15) is 35.6 Å². The summed E-state index contributed by atoms with van der Waals surface area (Å²) in [6.07, 6.45) is 1.05. The average Bonchev–Trinajstić information content (AvgIpc) is 3.68. The lowest BCUT2D eigenvalue weighted by atomic mass is 9.95. The lowest BCUT2D eigenvalue weighted by Crippen LogP contribution is -2.43. The van der Waals surface area contributed by atoms with Crippen molar-refractivity contribution in [2.24, 2.45) is 16.9 Å². The molecule has 2 unspecified atom stereocenters. The molecule has 4 aliphatic rings. The fourth-order valence-corrected chi connectivity index (χ4v) is 7.46. The molecule has 4 fully saturated rings. The highest BCUT2D eigenvalue weighted by atomic mass is 19.4. The lowest BCUT2D eigenvalue weighted by molar-refractivity contribution is -0.138. The Morgan fingerprint density at radius 1 is 1.13 bits per heavy atom. The zero-order valence-electron chi connectivity index (χ0n) is 25.5. The quantitative estimate of drug-likeness (QED) is 0.155. The van der Waals surface area contributed by atoms with E-state index in [1.165, 1.54) is 13.0 Å². The van der Waals surface area contributed by atoms with Gasteiger partial charge in [0.2, 0.25) is 5.95 Å². The molecule has 1 N–H and O–H groups in total. The minimum Gasteiger partial charge on any atom is -0.461 e. The van der Waals surface area contributed by atoms with Crippen LogP contribution in [0.5, 0.6) is 6.01 Å². The van der Waals surface area contributed by atoms with Gasteiger partial charge in [0, 0.05) is 43.8 Å². The number of aromatic nitrogens is 4. The van der Waals surface area contributed by atoms with Crippen molar-refractivity contribution >= 4 is 28.4 Å². The molecule has 2 bridgehead atoms. The molecule has 1 aromatic carbocycles. The molecule has 3 aliphatic heterocycles. The monoisotopic (exact) mass is 658 g/mol. The number of halogens is 6. The van der Waals surface area contributed by atoms with Crippen LogP contribution in [0.25, 0.3) is 10.9 Å². The number of ether oxygens (including phenoxy) is 1. The van der Waals surface area contributed by atoms with Gasteiger partial charge in [0.15, 0.2) is 5.82 Å². The predicted octanol–water partition coefficient (Wildman–Crippen LogP) is 5.75. The number of nitrogens with one attached hydrogen (secondary N) is 1. The number of hydrogen-bond donors (Lipinski definition) is 1. The minimum absolute atomic E-state index is 0.0585. The summed E-state index contributed by atoms with van der Waals surface area (Å²) in [5.74, 6) is 4.24. The molecule has 1 saturated carbocycles. The van der Waals surface area contributed by atoms with Gasteiger partial charge in [-0.05, 0) is 69.4 Å². The first-order chi connectivity index (χ1) is 22.5. The number of anilines is 2. The van der Waals surface area contributed by atoms with Crippen molar-refractivity contribution in [3.8, 4) is 17.9 Å². The summed E-state index contributed by atoms with van der Waals surface area (Å²) in [5.41, 5.74) is 0.272. The van der Waals surface area contributed by atoms with Crippen molar-refractivity contribution in [1.29, 1.82) is 0 Å². The van der Waals surface area contributed by atoms with Crippen LogP contribution < -0.4 is 15.1 Å². The molecule has 0 amide bonds. The normalized spacial score (nSPS) is 26.0. The Morgan fingerprint density at radius 3 is 2.60 bits per heavy atom. The maximum atomic E-state index is 16.1. The number of piperidine rings is 1. The molecule has 15 heteroatoms. The van der Waals surface area contributed by atoms with Crippen LogP contribution in [0.3, 0.4) is 0 Å². The van der Waals surface area contributed by atoms with Crippen molar-refractivity contribution in [3.63, 3.8) is 0 Å². The van der Waals surface area contributed by atoms with Gasteiger partial charge >= 0.3 is 12.2 Å². The first kappa shape index (κ1) is 31.4. The van der Waals surface area contributed by atoms with E-state index in [9.17, 15) is 17.6 Å². The standard InChI is InChI=1S/C32H32F6N8O/c1-18(43-44-29-39-12-21(13-40-29)32(36,37)38)3-6-23-25(34)10-24-27(26(23)35)41-30(42-28(24)45-14-19-4-5-20(9-19)15-45)47-17-31-7-2-8-46(31)16-22(33)11-31/h10,12-13,19-20,22H,2,4-5,7-9,11,14-17H2,1H3,(H,39,40,44)/b43-18-/t19?,20?,22-,31+/m1/s1. The smallest absolute Gasteiger partial charge is 0.419 e. The van der Waals surface area contributed by atoms with Gasteiger partial charge in [-0.15, -0.1) is 0 Å². The van der Waals surface area contributed by atoms with Gasteiger partial charge in [-0.3, -0.25) is 4.90 Å². The van der Waals surface area contributed by atoms with Gasteiger partial charge in [-0.25, -0.2) is 28.6 Å². The number of alkyl halides is 4. The van der Waals surface area contributed by atoms with Crippen LogP contribution in [0, 0.1) is 35.3 Å². The zero-order chi connectivity index (χ0) is 32.9. The highest BCUT2D eigenvalue weighted by molar-refractivity contribution is 5.99. The van der Waals surface area contributed by atoms with E-state index in [2.05, 4.69) is 52.1 Å². The summed E-state index contributed by atoms with van der Waals surface area (Å²) < 4.78 is 90.4. The van der Waals surface area contributed by atoms with Crippen LogP contribution in [0.1, 0.15) is 56.6 Å². The Labute approximate surface area is 266 Å². The van der Waals surface area contributed by atoms with E-state index >= 15 is 8.78 Å². The fourth-order valence-electron chi connectivity index (χ4n) is 7.46. The van der Waals surface area contributed by atoms with Crippen molar-refractivity contribution in [1.82, 2.24) is 24.8 Å². The fraction of sp³-hybridized carbons (Fsp3) is 0.531. The molecule has 0 spiro atoms. The van der Waals surface area contributed by atoms with Gasteiger partial charge in [0.25, 0.3) is 0 Å². The summed E-state index contributed by atoms with van der Waals surface area (Å²) in [5, 5.41) is 4.09. The molecule has 1 aliphatic carbocycles. The number of nitrogens with zero attached hydrogens (tertiary/aromatic N) is 7. The molecule has 3 saturated heterocycles. The molecular weight excluding hydrogens is 626 g/mol. The first-order valence-corrected chi connectivity index (χ1v) is 15.7. The number of rotatable bonds is 6. The second-order valence-corrected chi connectivity index (χ2v) is 12.9. The molecule has 47 heavy (non-hydrogen) atoms. The Morgan fingerprint density at radius 2 is 1.87 bits per heavy atom. The molecule has 0 radical (unpaired) electrons. The van der Waals surface area contributed by atoms with Gasteiger partial charge in [-0.1, -0.05) is 5.92 Å².